The third kappa shape index (κ3) is 3.08. The molecule has 2 saturated heterocycles. The lowest BCUT2D eigenvalue weighted by Crippen LogP contribution is -2.49. The Morgan fingerprint density at radius 1 is 1.32 bits per heavy atom. The molecule has 0 unspecified atom stereocenters. The molecule has 2 aliphatic rings. The average Bonchev–Trinajstić information content (AvgIpc) is 3.19. The van der Waals surface area contributed by atoms with Crippen LogP contribution in [0.2, 0.25) is 0 Å². The van der Waals surface area contributed by atoms with Gasteiger partial charge in [-0.1, -0.05) is 0 Å². The van der Waals surface area contributed by atoms with Crippen LogP contribution in [0.5, 0.6) is 0 Å². The van der Waals surface area contributed by atoms with Crippen molar-refractivity contribution in [2.75, 3.05) is 26.2 Å². The highest BCUT2D eigenvalue weighted by atomic mass is 32.2. The molecule has 0 N–H and O–H groups in total. The van der Waals surface area contributed by atoms with Crippen molar-refractivity contribution in [1.82, 2.24) is 8.61 Å². The van der Waals surface area contributed by atoms with Crippen LogP contribution in [0.15, 0.2) is 22.8 Å². The zero-order chi connectivity index (χ0) is 15.6. The second kappa shape index (κ2) is 6.70. The summed E-state index contributed by atoms with van der Waals surface area (Å²) in [4.78, 5) is 0. The first-order chi connectivity index (χ1) is 10.6. The van der Waals surface area contributed by atoms with Crippen LogP contribution >= 0.6 is 0 Å². The standard InChI is InChI=1S/C15H24N2O4S/c1-2-20-13-6-3-9-16(12-13)22(18,19)17-10-4-7-14(17)15-8-5-11-21-15/h5,8,11,13-14H,2-4,6-7,9-10,12H2,1H3/t13-,14-/m1/s1. The molecule has 6 nitrogen and oxygen atoms in total. The van der Waals surface area contributed by atoms with Crippen molar-refractivity contribution in [3.63, 3.8) is 0 Å². The van der Waals surface area contributed by atoms with Crippen LogP contribution in [-0.4, -0.2) is 49.4 Å². The van der Waals surface area contributed by atoms with Crippen molar-refractivity contribution in [3.8, 4) is 0 Å². The largest absolute Gasteiger partial charge is 0.468 e. The number of hydrogen-bond acceptors (Lipinski definition) is 4. The molecule has 1 aromatic rings. The predicted octanol–water partition coefficient (Wildman–Crippen LogP) is 2.16. The van der Waals surface area contributed by atoms with E-state index in [0.29, 0.717) is 26.2 Å². The maximum absolute atomic E-state index is 13.0. The normalized spacial score (nSPS) is 28.2. The van der Waals surface area contributed by atoms with E-state index in [1.165, 1.54) is 0 Å². The molecule has 0 spiro atoms. The van der Waals surface area contributed by atoms with Crippen LogP contribution < -0.4 is 0 Å². The minimum atomic E-state index is -3.46. The third-order valence-corrected chi connectivity index (χ3v) is 6.46. The maximum atomic E-state index is 13.0. The van der Waals surface area contributed by atoms with E-state index in [9.17, 15) is 8.42 Å². The summed E-state index contributed by atoms with van der Waals surface area (Å²) < 4.78 is 40.2. The summed E-state index contributed by atoms with van der Waals surface area (Å²) in [6, 6.07) is 3.50. The highest BCUT2D eigenvalue weighted by molar-refractivity contribution is 7.86. The number of ether oxygens (including phenoxy) is 1. The zero-order valence-corrected chi connectivity index (χ0v) is 13.8. The fourth-order valence-electron chi connectivity index (χ4n) is 3.42. The molecular formula is C15H24N2O4S. The van der Waals surface area contributed by atoms with Gasteiger partial charge in [-0.3, -0.25) is 0 Å². The second-order valence-electron chi connectivity index (χ2n) is 5.87. The number of rotatable bonds is 5. The van der Waals surface area contributed by atoms with Crippen molar-refractivity contribution in [2.24, 2.45) is 0 Å². The SMILES string of the molecule is CCO[C@@H]1CCCN(S(=O)(=O)N2CCC[C@@H]2c2ccco2)C1. The molecule has 0 saturated carbocycles. The van der Waals surface area contributed by atoms with Gasteiger partial charge >= 0.3 is 0 Å². The van der Waals surface area contributed by atoms with Crippen LogP contribution in [0.3, 0.4) is 0 Å². The van der Waals surface area contributed by atoms with E-state index in [-0.39, 0.29) is 12.1 Å². The topological polar surface area (TPSA) is 63.0 Å². The molecule has 0 aliphatic carbocycles. The van der Waals surface area contributed by atoms with E-state index in [2.05, 4.69) is 0 Å². The number of nitrogens with zero attached hydrogens (tertiary/aromatic N) is 2. The minimum Gasteiger partial charge on any atom is -0.468 e. The second-order valence-corrected chi connectivity index (χ2v) is 7.75. The number of hydrogen-bond donors (Lipinski definition) is 0. The lowest BCUT2D eigenvalue weighted by Gasteiger charge is -2.35. The number of furan rings is 1. The Morgan fingerprint density at radius 3 is 2.86 bits per heavy atom. The van der Waals surface area contributed by atoms with Gasteiger partial charge in [0.25, 0.3) is 10.2 Å². The van der Waals surface area contributed by atoms with Gasteiger partial charge < -0.3 is 9.15 Å². The molecule has 2 fully saturated rings. The first kappa shape index (κ1) is 16.0. The predicted molar refractivity (Wildman–Crippen MR) is 82.5 cm³/mol. The molecule has 0 bridgehead atoms. The molecule has 3 heterocycles. The first-order valence-electron chi connectivity index (χ1n) is 8.05. The Labute approximate surface area is 132 Å². The van der Waals surface area contributed by atoms with E-state index < -0.39 is 10.2 Å². The summed E-state index contributed by atoms with van der Waals surface area (Å²) in [5.41, 5.74) is 0. The molecule has 22 heavy (non-hydrogen) atoms. The van der Waals surface area contributed by atoms with Gasteiger partial charge in [-0.25, -0.2) is 0 Å². The summed E-state index contributed by atoms with van der Waals surface area (Å²) in [5, 5.41) is 0. The van der Waals surface area contributed by atoms with E-state index >= 15 is 0 Å². The monoisotopic (exact) mass is 328 g/mol. The maximum Gasteiger partial charge on any atom is 0.282 e. The smallest absolute Gasteiger partial charge is 0.282 e. The van der Waals surface area contributed by atoms with E-state index in [4.69, 9.17) is 9.15 Å². The molecule has 2 aliphatic heterocycles. The van der Waals surface area contributed by atoms with Gasteiger partial charge in [0.2, 0.25) is 0 Å². The zero-order valence-electron chi connectivity index (χ0n) is 13.0. The van der Waals surface area contributed by atoms with Crippen LogP contribution in [0, 0.1) is 0 Å². The van der Waals surface area contributed by atoms with Crippen LogP contribution in [0.4, 0.5) is 0 Å². The van der Waals surface area contributed by atoms with Gasteiger partial charge in [-0.15, -0.1) is 0 Å². The lowest BCUT2D eigenvalue weighted by atomic mass is 10.1. The van der Waals surface area contributed by atoms with Crippen molar-refractivity contribution in [1.29, 1.82) is 0 Å². The van der Waals surface area contributed by atoms with Crippen molar-refractivity contribution in [2.45, 2.75) is 44.8 Å². The van der Waals surface area contributed by atoms with Gasteiger partial charge in [-0.05, 0) is 44.7 Å². The Balaban J connectivity index is 1.77. The molecule has 7 heteroatoms. The average molecular weight is 328 g/mol. The van der Waals surface area contributed by atoms with Gasteiger partial charge in [0.15, 0.2) is 0 Å². The van der Waals surface area contributed by atoms with Crippen LogP contribution in [0.25, 0.3) is 0 Å². The molecule has 0 amide bonds. The minimum absolute atomic E-state index is 0.0122. The molecule has 2 atom stereocenters. The van der Waals surface area contributed by atoms with Gasteiger partial charge in [0, 0.05) is 26.2 Å². The summed E-state index contributed by atoms with van der Waals surface area (Å²) >= 11 is 0. The van der Waals surface area contributed by atoms with Crippen molar-refractivity contribution in [3.05, 3.63) is 24.2 Å². The Morgan fingerprint density at radius 2 is 2.14 bits per heavy atom. The van der Waals surface area contributed by atoms with Crippen molar-refractivity contribution >= 4 is 10.2 Å². The quantitative estimate of drug-likeness (QED) is 0.831. The molecule has 0 aromatic carbocycles. The molecule has 124 valence electrons. The van der Waals surface area contributed by atoms with Crippen LogP contribution in [-0.2, 0) is 14.9 Å². The Kier molecular flexibility index (Phi) is 4.87. The van der Waals surface area contributed by atoms with E-state index in [1.54, 1.807) is 14.9 Å². The van der Waals surface area contributed by atoms with E-state index in [0.717, 1.165) is 31.4 Å². The van der Waals surface area contributed by atoms with Crippen molar-refractivity contribution < 1.29 is 17.6 Å². The van der Waals surface area contributed by atoms with E-state index in [1.807, 2.05) is 19.1 Å². The van der Waals surface area contributed by atoms with Crippen LogP contribution in [0.1, 0.15) is 44.4 Å². The highest BCUT2D eigenvalue weighted by Gasteiger charge is 2.41. The molecule has 1 aromatic heterocycles. The fraction of sp³-hybridized carbons (Fsp3) is 0.733. The summed E-state index contributed by atoms with van der Waals surface area (Å²) in [5.74, 6) is 0.736. The molecular weight excluding hydrogens is 304 g/mol. The van der Waals surface area contributed by atoms with Gasteiger partial charge in [0.1, 0.15) is 5.76 Å². The molecule has 3 rings (SSSR count). The lowest BCUT2D eigenvalue weighted by molar-refractivity contribution is 0.0249. The third-order valence-electron chi connectivity index (χ3n) is 4.44. The highest BCUT2D eigenvalue weighted by Crippen LogP contribution is 2.36. The molecule has 0 radical (unpaired) electrons. The van der Waals surface area contributed by atoms with Gasteiger partial charge in [0.05, 0.1) is 18.4 Å². The fourth-order valence-corrected chi connectivity index (χ4v) is 5.32. The summed E-state index contributed by atoms with van der Waals surface area (Å²) in [7, 11) is -3.46. The number of piperidine rings is 1. The first-order valence-corrected chi connectivity index (χ1v) is 9.44. The van der Waals surface area contributed by atoms with Gasteiger partial charge in [-0.2, -0.15) is 17.0 Å². The summed E-state index contributed by atoms with van der Waals surface area (Å²) in [6.07, 6.45) is 5.08. The Bertz CT molecular complexity index is 570. The summed E-state index contributed by atoms with van der Waals surface area (Å²) in [6.45, 7) is 4.16. The Hall–Kier alpha value is -0.890.